The van der Waals surface area contributed by atoms with Gasteiger partial charge in [0.25, 0.3) is 0 Å². The first kappa shape index (κ1) is 18.2. The lowest BCUT2D eigenvalue weighted by Crippen LogP contribution is -2.57. The Kier molecular flexibility index (Phi) is 6.90. The molecule has 0 bridgehead atoms. The fourth-order valence-electron chi connectivity index (χ4n) is 3.13. The second kappa shape index (κ2) is 7.96. The Morgan fingerprint density at radius 1 is 1.00 bits per heavy atom. The predicted molar refractivity (Wildman–Crippen MR) is 84.6 cm³/mol. The number of nitrogens with zero attached hydrogens (tertiary/aromatic N) is 3. The van der Waals surface area contributed by atoms with Crippen LogP contribution >= 0.6 is 12.4 Å². The van der Waals surface area contributed by atoms with Gasteiger partial charge in [0.1, 0.15) is 0 Å². The second-order valence-corrected chi connectivity index (χ2v) is 6.05. The van der Waals surface area contributed by atoms with E-state index in [9.17, 15) is 9.59 Å². The number of nitrogens with one attached hydrogen (secondary N) is 1. The van der Waals surface area contributed by atoms with Gasteiger partial charge in [0.05, 0.1) is 6.54 Å². The van der Waals surface area contributed by atoms with Gasteiger partial charge in [-0.1, -0.05) is 0 Å². The molecule has 0 saturated carbocycles. The van der Waals surface area contributed by atoms with Crippen LogP contribution in [0.4, 0.5) is 0 Å². The molecule has 0 radical (unpaired) electrons. The van der Waals surface area contributed by atoms with Crippen molar-refractivity contribution in [2.75, 3.05) is 45.8 Å². The maximum atomic E-state index is 12.3. The monoisotopic (exact) mass is 318 g/mol. The number of amides is 2. The lowest BCUT2D eigenvalue weighted by atomic mass is 10.1. The highest BCUT2D eigenvalue weighted by Crippen LogP contribution is 2.07. The van der Waals surface area contributed by atoms with Gasteiger partial charge in [0.2, 0.25) is 11.8 Å². The predicted octanol–water partition coefficient (Wildman–Crippen LogP) is -0.219. The van der Waals surface area contributed by atoms with Crippen molar-refractivity contribution in [1.82, 2.24) is 20.0 Å². The third kappa shape index (κ3) is 5.13. The van der Waals surface area contributed by atoms with E-state index in [1.165, 1.54) is 0 Å². The van der Waals surface area contributed by atoms with E-state index in [-0.39, 0.29) is 24.2 Å². The Labute approximate surface area is 133 Å². The zero-order valence-corrected chi connectivity index (χ0v) is 14.0. The van der Waals surface area contributed by atoms with E-state index in [4.69, 9.17) is 0 Å². The quantitative estimate of drug-likeness (QED) is 0.765. The zero-order chi connectivity index (χ0) is 14.7. The van der Waals surface area contributed by atoms with Gasteiger partial charge >= 0.3 is 0 Å². The van der Waals surface area contributed by atoms with Crippen LogP contribution in [0.3, 0.4) is 0 Å². The first-order valence-corrected chi connectivity index (χ1v) is 7.47. The number of hydrogen-bond donors (Lipinski definition) is 1. The van der Waals surface area contributed by atoms with Crippen molar-refractivity contribution in [3.8, 4) is 0 Å². The molecule has 2 aliphatic rings. The molecule has 0 spiro atoms. The van der Waals surface area contributed by atoms with Gasteiger partial charge in [0.15, 0.2) is 0 Å². The SMILES string of the molecule is CC(=O)N1CCN(C(=O)CN2CC(C)NC(C)C2)CC1.Cl. The number of rotatable bonds is 2. The molecule has 2 atom stereocenters. The summed E-state index contributed by atoms with van der Waals surface area (Å²) in [5.74, 6) is 0.288. The van der Waals surface area contributed by atoms with Crippen molar-refractivity contribution in [3.63, 3.8) is 0 Å². The highest BCUT2D eigenvalue weighted by atomic mass is 35.5. The summed E-state index contributed by atoms with van der Waals surface area (Å²) in [6.07, 6.45) is 0. The highest BCUT2D eigenvalue weighted by molar-refractivity contribution is 5.85. The normalized spacial score (nSPS) is 27.2. The van der Waals surface area contributed by atoms with Gasteiger partial charge in [-0.15, -0.1) is 12.4 Å². The van der Waals surface area contributed by atoms with Crippen molar-refractivity contribution in [2.24, 2.45) is 0 Å². The first-order valence-electron chi connectivity index (χ1n) is 7.47. The molecule has 2 unspecified atom stereocenters. The van der Waals surface area contributed by atoms with E-state index in [2.05, 4.69) is 24.1 Å². The summed E-state index contributed by atoms with van der Waals surface area (Å²) >= 11 is 0. The molecule has 122 valence electrons. The van der Waals surface area contributed by atoms with Crippen molar-refractivity contribution in [1.29, 1.82) is 0 Å². The van der Waals surface area contributed by atoms with Crippen LogP contribution in [0.25, 0.3) is 0 Å². The average Bonchev–Trinajstić information content (AvgIpc) is 2.37. The summed E-state index contributed by atoms with van der Waals surface area (Å²) in [5, 5.41) is 3.47. The van der Waals surface area contributed by atoms with E-state index in [1.807, 2.05) is 4.90 Å². The van der Waals surface area contributed by atoms with Crippen molar-refractivity contribution >= 4 is 24.2 Å². The second-order valence-electron chi connectivity index (χ2n) is 6.05. The standard InChI is InChI=1S/C14H26N4O2.ClH/c1-11-8-16(9-12(2)15-11)10-14(20)18-6-4-17(5-7-18)13(3)19;/h11-12,15H,4-10H2,1-3H3;1H. The molecular weight excluding hydrogens is 292 g/mol. The largest absolute Gasteiger partial charge is 0.339 e. The molecule has 21 heavy (non-hydrogen) atoms. The van der Waals surface area contributed by atoms with Crippen molar-refractivity contribution in [2.45, 2.75) is 32.9 Å². The van der Waals surface area contributed by atoms with Gasteiger partial charge in [-0.2, -0.15) is 0 Å². The maximum absolute atomic E-state index is 12.3. The number of piperazine rings is 2. The molecule has 2 fully saturated rings. The molecule has 2 aliphatic heterocycles. The number of hydrogen-bond acceptors (Lipinski definition) is 4. The summed E-state index contributed by atoms with van der Waals surface area (Å²) in [6, 6.07) is 0.863. The van der Waals surface area contributed by atoms with Crippen molar-refractivity contribution < 1.29 is 9.59 Å². The minimum Gasteiger partial charge on any atom is -0.339 e. The summed E-state index contributed by atoms with van der Waals surface area (Å²) in [6.45, 7) is 10.9. The summed E-state index contributed by atoms with van der Waals surface area (Å²) < 4.78 is 0. The molecule has 1 N–H and O–H groups in total. The minimum atomic E-state index is 0. The Hall–Kier alpha value is -0.850. The Morgan fingerprint density at radius 2 is 1.48 bits per heavy atom. The van der Waals surface area contributed by atoms with Crippen molar-refractivity contribution in [3.05, 3.63) is 0 Å². The molecule has 2 amide bonds. The third-order valence-corrected chi connectivity index (χ3v) is 4.07. The van der Waals surface area contributed by atoms with Gasteiger partial charge < -0.3 is 15.1 Å². The van der Waals surface area contributed by atoms with Crippen LogP contribution in [0.2, 0.25) is 0 Å². The van der Waals surface area contributed by atoms with Crippen LogP contribution in [0.15, 0.2) is 0 Å². The lowest BCUT2D eigenvalue weighted by Gasteiger charge is -2.38. The third-order valence-electron chi connectivity index (χ3n) is 4.07. The molecular formula is C14H27ClN4O2. The number of carbonyl (C=O) groups is 2. The fourth-order valence-corrected chi connectivity index (χ4v) is 3.13. The fraction of sp³-hybridized carbons (Fsp3) is 0.857. The lowest BCUT2D eigenvalue weighted by molar-refractivity contribution is -0.139. The van der Waals surface area contributed by atoms with Gasteiger partial charge in [0, 0.05) is 58.3 Å². The van der Waals surface area contributed by atoms with Gasteiger partial charge in [-0.3, -0.25) is 14.5 Å². The van der Waals surface area contributed by atoms with E-state index >= 15 is 0 Å². The minimum absolute atomic E-state index is 0. The Balaban J connectivity index is 0.00000220. The maximum Gasteiger partial charge on any atom is 0.236 e. The van der Waals surface area contributed by atoms with Gasteiger partial charge in [-0.25, -0.2) is 0 Å². The van der Waals surface area contributed by atoms with Crippen LogP contribution in [-0.2, 0) is 9.59 Å². The van der Waals surface area contributed by atoms with E-state index in [0.717, 1.165) is 13.1 Å². The van der Waals surface area contributed by atoms with Crippen LogP contribution < -0.4 is 5.32 Å². The van der Waals surface area contributed by atoms with Gasteiger partial charge in [-0.05, 0) is 13.8 Å². The number of halogens is 1. The first-order chi connectivity index (χ1) is 9.45. The van der Waals surface area contributed by atoms with Crippen LogP contribution in [0.1, 0.15) is 20.8 Å². The molecule has 0 aromatic carbocycles. The topological polar surface area (TPSA) is 55.9 Å². The molecule has 2 heterocycles. The Morgan fingerprint density at radius 3 is 1.95 bits per heavy atom. The van der Waals surface area contributed by atoms with Crippen LogP contribution in [0.5, 0.6) is 0 Å². The van der Waals surface area contributed by atoms with Crippen LogP contribution in [0, 0.1) is 0 Å². The Bertz CT molecular complexity index is 362. The molecule has 0 aliphatic carbocycles. The smallest absolute Gasteiger partial charge is 0.236 e. The molecule has 0 aromatic heterocycles. The summed E-state index contributed by atoms with van der Waals surface area (Å²) in [5.41, 5.74) is 0. The molecule has 6 nitrogen and oxygen atoms in total. The molecule has 2 rings (SSSR count). The summed E-state index contributed by atoms with van der Waals surface area (Å²) in [7, 11) is 0. The average molecular weight is 319 g/mol. The zero-order valence-electron chi connectivity index (χ0n) is 13.2. The molecule has 0 aromatic rings. The van der Waals surface area contributed by atoms with E-state index in [0.29, 0.717) is 44.8 Å². The van der Waals surface area contributed by atoms with Crippen LogP contribution in [-0.4, -0.2) is 84.4 Å². The molecule has 7 heteroatoms. The highest BCUT2D eigenvalue weighted by Gasteiger charge is 2.26. The van der Waals surface area contributed by atoms with E-state index < -0.39 is 0 Å². The molecule has 2 saturated heterocycles. The van der Waals surface area contributed by atoms with E-state index in [1.54, 1.807) is 11.8 Å². The number of carbonyl (C=O) groups excluding carboxylic acids is 2. The summed E-state index contributed by atoms with van der Waals surface area (Å²) in [4.78, 5) is 29.5.